The summed E-state index contributed by atoms with van der Waals surface area (Å²) in [4.78, 5) is 19.5. The Balaban J connectivity index is 0.00000465. The van der Waals surface area contributed by atoms with Gasteiger partial charge in [-0.3, -0.25) is 0 Å². The Kier molecular flexibility index (Phi) is 9.70. The molecule has 7 nitrogen and oxygen atoms in total. The number of nitrogens with zero attached hydrogens (tertiary/aromatic N) is 6. The van der Waals surface area contributed by atoms with Gasteiger partial charge in [0.25, 0.3) is 0 Å². The molecule has 0 radical (unpaired) electrons. The van der Waals surface area contributed by atoms with Gasteiger partial charge in [-0.15, -0.1) is 47.5 Å². The first-order valence-corrected chi connectivity index (χ1v) is 18.5. The number of para-hydroxylation sites is 3. The molecule has 1 aliphatic rings. The molecule has 2 aromatic heterocycles. The van der Waals surface area contributed by atoms with Crippen molar-refractivity contribution in [1.29, 1.82) is 0 Å². The van der Waals surface area contributed by atoms with Gasteiger partial charge >= 0.3 is 21.1 Å². The second-order valence-corrected chi connectivity index (χ2v) is 17.2. The Morgan fingerprint density at radius 2 is 1.33 bits per heavy atom. The van der Waals surface area contributed by atoms with E-state index in [1.54, 1.807) is 0 Å². The van der Waals surface area contributed by atoms with Crippen LogP contribution in [-0.2, 0) is 37.3 Å². The number of benzene rings is 5. The molecule has 8 rings (SSSR count). The van der Waals surface area contributed by atoms with E-state index in [0.29, 0.717) is 17.3 Å². The van der Waals surface area contributed by atoms with Crippen molar-refractivity contribution in [1.82, 2.24) is 19.5 Å². The summed E-state index contributed by atoms with van der Waals surface area (Å²) in [5, 5.41) is 2.11. The average molecular weight is 906 g/mol. The van der Waals surface area contributed by atoms with Gasteiger partial charge in [-0.1, -0.05) is 104 Å². The number of hydrogen-bond acceptors (Lipinski definition) is 6. The molecule has 0 saturated carbocycles. The second kappa shape index (κ2) is 13.9. The monoisotopic (exact) mass is 905 g/mol. The molecule has 0 amide bonds. The predicted molar refractivity (Wildman–Crippen MR) is 220 cm³/mol. The zero-order chi connectivity index (χ0) is 38.2. The third kappa shape index (κ3) is 7.15. The summed E-state index contributed by atoms with van der Waals surface area (Å²) in [7, 11) is 2.05. The number of fused-ring (bicyclic) bond motifs is 4. The Morgan fingerprint density at radius 3 is 2.02 bits per heavy atom. The van der Waals surface area contributed by atoms with E-state index in [2.05, 4.69) is 175 Å². The van der Waals surface area contributed by atoms with E-state index < -0.39 is 0 Å². The largest absolute Gasteiger partial charge is 4.00 e. The van der Waals surface area contributed by atoms with E-state index in [1.165, 1.54) is 5.56 Å². The third-order valence-corrected chi connectivity index (χ3v) is 9.82. The van der Waals surface area contributed by atoms with Crippen LogP contribution in [0.2, 0.25) is 0 Å². The van der Waals surface area contributed by atoms with Crippen LogP contribution in [0.15, 0.2) is 91.0 Å². The molecule has 55 heavy (non-hydrogen) atoms. The molecule has 7 aromatic rings. The fraction of sp³-hybridized carbons (Fsp3) is 0.277. The minimum Gasteiger partial charge on any atom is -0.508 e. The summed E-state index contributed by atoms with van der Waals surface area (Å²) in [6.07, 6.45) is 0. The fourth-order valence-corrected chi connectivity index (χ4v) is 6.83. The van der Waals surface area contributed by atoms with Crippen molar-refractivity contribution in [3.8, 4) is 28.6 Å². The first kappa shape index (κ1) is 38.3. The van der Waals surface area contributed by atoms with Crippen LogP contribution in [0.5, 0.6) is 11.5 Å². The van der Waals surface area contributed by atoms with Crippen molar-refractivity contribution >= 4 is 38.9 Å². The smallest absolute Gasteiger partial charge is 0.508 e. The van der Waals surface area contributed by atoms with E-state index >= 15 is 0 Å². The maximum absolute atomic E-state index is 6.91. The summed E-state index contributed by atoms with van der Waals surface area (Å²) in [5.41, 5.74) is 7.22. The minimum atomic E-state index is -0.311. The van der Waals surface area contributed by atoms with Crippen molar-refractivity contribution in [2.24, 2.45) is 0 Å². The summed E-state index contributed by atoms with van der Waals surface area (Å²) in [5.74, 6) is 3.04. The van der Waals surface area contributed by atoms with Gasteiger partial charge in [-0.05, 0) is 41.6 Å². The zero-order valence-corrected chi connectivity index (χ0v) is 35.4. The van der Waals surface area contributed by atoms with Crippen LogP contribution in [0.4, 0.5) is 17.1 Å². The van der Waals surface area contributed by atoms with E-state index in [-0.39, 0.29) is 37.3 Å². The van der Waals surface area contributed by atoms with E-state index in [1.807, 2.05) is 24.3 Å². The molecule has 0 aliphatic carbocycles. The predicted octanol–water partition coefficient (Wildman–Crippen LogP) is 11.4. The molecule has 5 aromatic carbocycles. The number of aromatic nitrogens is 4. The quantitative estimate of drug-likeness (QED) is 0.160. The maximum atomic E-state index is 6.91. The molecular formula is C47H46N6OPt. The molecular weight excluding hydrogens is 860 g/mol. The third-order valence-electron chi connectivity index (χ3n) is 9.82. The van der Waals surface area contributed by atoms with E-state index in [0.717, 1.165) is 61.8 Å². The number of anilines is 3. The first-order valence-electron chi connectivity index (χ1n) is 18.5. The van der Waals surface area contributed by atoms with Gasteiger partial charge in [0, 0.05) is 39.2 Å². The van der Waals surface area contributed by atoms with Crippen molar-refractivity contribution in [3.63, 3.8) is 0 Å². The molecule has 8 heteroatoms. The van der Waals surface area contributed by atoms with E-state index in [9.17, 15) is 0 Å². The second-order valence-electron chi connectivity index (χ2n) is 17.2. The molecule has 0 bridgehead atoms. The topological polar surface area (TPSA) is 59.3 Å². The molecule has 1 aliphatic heterocycles. The van der Waals surface area contributed by atoms with Gasteiger partial charge in [0.15, 0.2) is 0 Å². The van der Waals surface area contributed by atoms with Crippen LogP contribution in [0.1, 0.15) is 79.5 Å². The maximum Gasteiger partial charge on any atom is 4.00 e. The SMILES string of the molecule is CN1[CH-]N(c2[c-]c(Oc3[c-]c4c(cc3-c3nc(C(C)(C)C)nc(C(C)(C)C)n3)c3ccccc3n4-c3[c-]ccc(C(C)(C)C)c3)ccc2)c2ccccc21.[Pt+4]. The van der Waals surface area contributed by atoms with Gasteiger partial charge in [-0.2, -0.15) is 36.5 Å². The van der Waals surface area contributed by atoms with Crippen molar-refractivity contribution < 1.29 is 25.8 Å². The number of hydrogen-bond donors (Lipinski definition) is 0. The normalized spacial score (nSPS) is 13.3. The Morgan fingerprint density at radius 1 is 0.655 bits per heavy atom. The van der Waals surface area contributed by atoms with Crippen LogP contribution in [0, 0.1) is 24.9 Å². The van der Waals surface area contributed by atoms with Gasteiger partial charge < -0.3 is 19.1 Å². The minimum absolute atomic E-state index is 0. The Hall–Kier alpha value is -5.00. The standard InChI is InChI=1S/C47H46N6O.Pt/c1-45(2,3)30-17-15-19-32(25-30)53-37-22-12-11-21-34(37)35-27-36(42-48-43(46(4,5)6)50-44(49-42)47(7,8)9)41(28-40(35)53)54-33-20-16-18-31(26-33)52-29-51(10)38-23-13-14-24-39(38)52;/h11-18,20-25,27,29H,1-10H3;/q-4;+4. The molecule has 3 heterocycles. The Labute approximate surface area is 339 Å². The number of ether oxygens (including phenoxy) is 1. The molecule has 0 N–H and O–H groups in total. The summed E-state index contributed by atoms with van der Waals surface area (Å²) in [6.45, 7) is 21.6. The van der Waals surface area contributed by atoms with Crippen LogP contribution in [0.3, 0.4) is 0 Å². The zero-order valence-electron chi connectivity index (χ0n) is 33.1. The molecule has 0 saturated heterocycles. The van der Waals surface area contributed by atoms with Crippen LogP contribution in [-0.4, -0.2) is 26.6 Å². The van der Waals surface area contributed by atoms with Crippen LogP contribution in [0.25, 0.3) is 38.9 Å². The summed E-state index contributed by atoms with van der Waals surface area (Å²) in [6, 6.07) is 42.1. The molecule has 0 fully saturated rings. The molecule has 0 unspecified atom stereocenters. The van der Waals surface area contributed by atoms with Crippen LogP contribution < -0.4 is 14.5 Å². The van der Waals surface area contributed by atoms with Gasteiger partial charge in [0.05, 0.1) is 0 Å². The molecule has 0 atom stereocenters. The summed E-state index contributed by atoms with van der Waals surface area (Å²) < 4.78 is 9.15. The van der Waals surface area contributed by atoms with Gasteiger partial charge in [0.2, 0.25) is 0 Å². The molecule has 280 valence electrons. The average Bonchev–Trinajstić information content (AvgIpc) is 3.64. The molecule has 0 spiro atoms. The van der Waals surface area contributed by atoms with Crippen molar-refractivity contribution in [2.75, 3.05) is 16.8 Å². The Bertz CT molecular complexity index is 2520. The van der Waals surface area contributed by atoms with Crippen LogP contribution >= 0.6 is 0 Å². The van der Waals surface area contributed by atoms with Gasteiger partial charge in [-0.25, -0.2) is 15.0 Å². The van der Waals surface area contributed by atoms with Crippen molar-refractivity contribution in [3.05, 3.63) is 133 Å². The number of rotatable bonds is 5. The summed E-state index contributed by atoms with van der Waals surface area (Å²) >= 11 is 0. The van der Waals surface area contributed by atoms with Crippen molar-refractivity contribution in [2.45, 2.75) is 78.6 Å². The van der Waals surface area contributed by atoms with Gasteiger partial charge in [0.1, 0.15) is 17.5 Å². The van der Waals surface area contributed by atoms with E-state index in [4.69, 9.17) is 19.7 Å². The fourth-order valence-electron chi connectivity index (χ4n) is 6.83. The first-order chi connectivity index (χ1) is 25.6.